The summed E-state index contributed by atoms with van der Waals surface area (Å²) in [7, 11) is 1.66. The van der Waals surface area contributed by atoms with Crippen molar-refractivity contribution in [2.75, 3.05) is 59.8 Å². The smallest absolute Gasteiger partial charge is 0.123 e. The molecule has 1 saturated heterocycles. The molecule has 0 bridgehead atoms. The first-order chi connectivity index (χ1) is 11.3. The van der Waals surface area contributed by atoms with E-state index < -0.39 is 0 Å². The Morgan fingerprint density at radius 1 is 1.22 bits per heavy atom. The van der Waals surface area contributed by atoms with Crippen LogP contribution < -0.4 is 9.47 Å². The number of hydrogen-bond donors (Lipinski definition) is 0. The zero-order valence-electron chi connectivity index (χ0n) is 14.0. The molecule has 1 aliphatic heterocycles. The van der Waals surface area contributed by atoms with Gasteiger partial charge in [-0.3, -0.25) is 4.90 Å². The van der Waals surface area contributed by atoms with Gasteiger partial charge in [0.1, 0.15) is 18.1 Å². The van der Waals surface area contributed by atoms with E-state index in [2.05, 4.69) is 11.5 Å². The molecule has 1 aromatic rings. The molecule has 0 amide bonds. The molecule has 23 heavy (non-hydrogen) atoms. The van der Waals surface area contributed by atoms with Gasteiger partial charge in [-0.15, -0.1) is 6.58 Å². The van der Waals surface area contributed by atoms with Crippen molar-refractivity contribution in [1.82, 2.24) is 4.90 Å². The molecule has 2 rings (SSSR count). The first-order valence-corrected chi connectivity index (χ1v) is 8.12. The summed E-state index contributed by atoms with van der Waals surface area (Å²) in [5.74, 6) is 1.69. The third-order valence-corrected chi connectivity index (χ3v) is 3.77. The molecule has 0 spiro atoms. The minimum absolute atomic E-state index is 0.541. The number of rotatable bonds is 10. The second-order valence-electron chi connectivity index (χ2n) is 5.38. The minimum atomic E-state index is 0.541. The van der Waals surface area contributed by atoms with Crippen LogP contribution in [0.4, 0.5) is 0 Å². The molecule has 0 saturated carbocycles. The van der Waals surface area contributed by atoms with Gasteiger partial charge in [-0.2, -0.15) is 0 Å². The van der Waals surface area contributed by atoms with E-state index >= 15 is 0 Å². The van der Waals surface area contributed by atoms with Gasteiger partial charge in [-0.25, -0.2) is 0 Å². The highest BCUT2D eigenvalue weighted by Crippen LogP contribution is 2.24. The lowest BCUT2D eigenvalue weighted by molar-refractivity contribution is 0.0170. The van der Waals surface area contributed by atoms with Crippen molar-refractivity contribution in [2.24, 2.45) is 0 Å². The highest BCUT2D eigenvalue weighted by Gasteiger charge is 2.09. The Balaban J connectivity index is 1.66. The van der Waals surface area contributed by atoms with Gasteiger partial charge in [0.25, 0.3) is 0 Å². The van der Waals surface area contributed by atoms with Crippen LogP contribution in [0.1, 0.15) is 5.56 Å². The predicted octanol–water partition coefficient (Wildman–Crippen LogP) is 2.15. The zero-order chi connectivity index (χ0) is 16.3. The number of hydrogen-bond acceptors (Lipinski definition) is 5. The van der Waals surface area contributed by atoms with Gasteiger partial charge in [-0.1, -0.05) is 6.08 Å². The fraction of sp³-hybridized carbons (Fsp3) is 0.556. The number of nitrogens with zero attached hydrogens (tertiary/aromatic N) is 1. The predicted molar refractivity (Wildman–Crippen MR) is 90.5 cm³/mol. The van der Waals surface area contributed by atoms with Crippen molar-refractivity contribution in [1.29, 1.82) is 0 Å². The first-order valence-electron chi connectivity index (χ1n) is 8.12. The quantitative estimate of drug-likeness (QED) is 0.488. The van der Waals surface area contributed by atoms with E-state index in [-0.39, 0.29) is 0 Å². The van der Waals surface area contributed by atoms with Gasteiger partial charge < -0.3 is 18.9 Å². The molecule has 0 aromatic heterocycles. The molecule has 0 atom stereocenters. The zero-order valence-corrected chi connectivity index (χ0v) is 14.0. The molecule has 0 N–H and O–H groups in total. The summed E-state index contributed by atoms with van der Waals surface area (Å²) in [5.41, 5.74) is 1.08. The van der Waals surface area contributed by atoms with Crippen molar-refractivity contribution in [3.63, 3.8) is 0 Å². The molecule has 1 fully saturated rings. The number of ether oxygens (including phenoxy) is 4. The Hall–Kier alpha value is -1.56. The number of morpholine rings is 1. The van der Waals surface area contributed by atoms with Gasteiger partial charge in [-0.05, 0) is 24.6 Å². The Kier molecular flexibility index (Phi) is 7.93. The van der Waals surface area contributed by atoms with Gasteiger partial charge in [0, 0.05) is 25.2 Å². The van der Waals surface area contributed by atoms with Gasteiger partial charge in [0.15, 0.2) is 0 Å². The maximum atomic E-state index is 5.82. The summed E-state index contributed by atoms with van der Waals surface area (Å²) in [6.45, 7) is 10.2. The van der Waals surface area contributed by atoms with Crippen molar-refractivity contribution in [2.45, 2.75) is 6.42 Å². The molecule has 0 unspecified atom stereocenters. The number of allylic oxidation sites excluding steroid dienone is 1. The van der Waals surface area contributed by atoms with Crippen LogP contribution in [0.3, 0.4) is 0 Å². The third kappa shape index (κ3) is 6.22. The topological polar surface area (TPSA) is 40.2 Å². The van der Waals surface area contributed by atoms with Crippen LogP contribution in [-0.2, 0) is 15.9 Å². The lowest BCUT2D eigenvalue weighted by Gasteiger charge is -2.26. The lowest BCUT2D eigenvalue weighted by Crippen LogP contribution is -2.38. The van der Waals surface area contributed by atoms with Crippen LogP contribution in [0.5, 0.6) is 11.5 Å². The van der Waals surface area contributed by atoms with E-state index in [9.17, 15) is 0 Å². The summed E-state index contributed by atoms with van der Waals surface area (Å²) in [5, 5.41) is 0. The fourth-order valence-corrected chi connectivity index (χ4v) is 2.47. The maximum Gasteiger partial charge on any atom is 0.123 e. The van der Waals surface area contributed by atoms with Crippen LogP contribution in [-0.4, -0.2) is 64.7 Å². The highest BCUT2D eigenvalue weighted by molar-refractivity contribution is 5.41. The summed E-state index contributed by atoms with van der Waals surface area (Å²) in [6, 6.07) is 5.82. The summed E-state index contributed by atoms with van der Waals surface area (Å²) in [6.07, 6.45) is 2.62. The average Bonchev–Trinajstić information content (AvgIpc) is 2.60. The normalized spacial score (nSPS) is 15.3. The highest BCUT2D eigenvalue weighted by atomic mass is 16.5. The van der Waals surface area contributed by atoms with Crippen molar-refractivity contribution >= 4 is 0 Å². The number of benzene rings is 1. The van der Waals surface area contributed by atoms with Gasteiger partial charge in [0.2, 0.25) is 0 Å². The fourth-order valence-electron chi connectivity index (χ4n) is 2.47. The molecule has 1 aromatic carbocycles. The van der Waals surface area contributed by atoms with E-state index in [1.54, 1.807) is 7.11 Å². The molecular weight excluding hydrogens is 294 g/mol. The van der Waals surface area contributed by atoms with E-state index in [1.807, 2.05) is 24.3 Å². The van der Waals surface area contributed by atoms with Crippen molar-refractivity contribution in [3.05, 3.63) is 36.4 Å². The summed E-state index contributed by atoms with van der Waals surface area (Å²) in [4.78, 5) is 2.36. The summed E-state index contributed by atoms with van der Waals surface area (Å²) >= 11 is 0. The summed E-state index contributed by atoms with van der Waals surface area (Å²) < 4.78 is 22.0. The van der Waals surface area contributed by atoms with Crippen LogP contribution in [0.2, 0.25) is 0 Å². The molecular formula is C18H27NO4. The van der Waals surface area contributed by atoms with E-state index in [0.29, 0.717) is 13.2 Å². The lowest BCUT2D eigenvalue weighted by atomic mass is 10.1. The SMILES string of the molecule is C=CCc1cc(OC)ccc1OCCOCCN1CCOCC1. The maximum absolute atomic E-state index is 5.82. The van der Waals surface area contributed by atoms with Gasteiger partial charge >= 0.3 is 0 Å². The Morgan fingerprint density at radius 2 is 2.04 bits per heavy atom. The van der Waals surface area contributed by atoms with Crippen molar-refractivity contribution < 1.29 is 18.9 Å². The largest absolute Gasteiger partial charge is 0.497 e. The van der Waals surface area contributed by atoms with E-state index in [0.717, 1.165) is 62.9 Å². The Labute approximate surface area is 138 Å². The first kappa shape index (κ1) is 17.8. The molecule has 5 heteroatoms. The van der Waals surface area contributed by atoms with Crippen LogP contribution in [0, 0.1) is 0 Å². The van der Waals surface area contributed by atoms with Crippen LogP contribution >= 0.6 is 0 Å². The third-order valence-electron chi connectivity index (χ3n) is 3.77. The van der Waals surface area contributed by atoms with Crippen LogP contribution in [0.15, 0.2) is 30.9 Å². The Morgan fingerprint density at radius 3 is 2.78 bits per heavy atom. The average molecular weight is 321 g/mol. The molecule has 1 aliphatic rings. The van der Waals surface area contributed by atoms with E-state index in [4.69, 9.17) is 18.9 Å². The molecule has 0 aliphatic carbocycles. The molecule has 0 radical (unpaired) electrons. The second-order valence-corrected chi connectivity index (χ2v) is 5.38. The van der Waals surface area contributed by atoms with E-state index in [1.165, 1.54) is 0 Å². The Bertz CT molecular complexity index is 472. The molecule has 128 valence electrons. The van der Waals surface area contributed by atoms with Crippen molar-refractivity contribution in [3.8, 4) is 11.5 Å². The second kappa shape index (κ2) is 10.3. The number of methoxy groups -OCH3 is 1. The molecule has 1 heterocycles. The van der Waals surface area contributed by atoms with Gasteiger partial charge in [0.05, 0.1) is 33.5 Å². The molecule has 5 nitrogen and oxygen atoms in total. The minimum Gasteiger partial charge on any atom is -0.497 e. The monoisotopic (exact) mass is 321 g/mol. The standard InChI is InChI=1S/C18H27NO4/c1-3-4-16-15-17(20-2)5-6-18(16)23-14-13-22-12-9-19-7-10-21-11-8-19/h3,5-6,15H,1,4,7-14H2,2H3. The van der Waals surface area contributed by atoms with Crippen LogP contribution in [0.25, 0.3) is 0 Å².